The van der Waals surface area contributed by atoms with Gasteiger partial charge in [-0.1, -0.05) is 42.0 Å². The van der Waals surface area contributed by atoms with E-state index in [-0.39, 0.29) is 0 Å². The molecule has 0 bridgehead atoms. The summed E-state index contributed by atoms with van der Waals surface area (Å²) in [5.74, 6) is 1.31. The highest BCUT2D eigenvalue weighted by Crippen LogP contribution is 2.38. The van der Waals surface area contributed by atoms with Crippen molar-refractivity contribution in [3.05, 3.63) is 98.2 Å². The molecule has 8 heteroatoms. The number of benzene rings is 3. The highest BCUT2D eigenvalue weighted by atomic mass is 16.5. The summed E-state index contributed by atoms with van der Waals surface area (Å²) >= 11 is 0. The van der Waals surface area contributed by atoms with Crippen LogP contribution in [0.15, 0.2) is 75.4 Å². The molecule has 0 saturated heterocycles. The van der Waals surface area contributed by atoms with Crippen LogP contribution < -0.4 is 25.5 Å². The molecule has 1 aromatic heterocycles. The van der Waals surface area contributed by atoms with E-state index < -0.39 is 11.2 Å². The molecule has 4 rings (SSSR count). The Bertz CT molecular complexity index is 1410. The van der Waals surface area contributed by atoms with E-state index in [1.165, 1.54) is 26.0 Å². The smallest absolute Gasteiger partial charge is 0.349 e. The molecule has 0 aliphatic carbocycles. The van der Waals surface area contributed by atoms with E-state index in [0.717, 1.165) is 10.2 Å². The predicted octanol–water partition coefficient (Wildman–Crippen LogP) is 3.48. The Labute approximate surface area is 189 Å². The van der Waals surface area contributed by atoms with Crippen LogP contribution in [0.5, 0.6) is 17.2 Å². The first-order valence-electron chi connectivity index (χ1n) is 10.2. The minimum atomic E-state index is -0.632. The van der Waals surface area contributed by atoms with Crippen LogP contribution in [-0.4, -0.2) is 30.1 Å². The fourth-order valence-electron chi connectivity index (χ4n) is 3.34. The summed E-state index contributed by atoms with van der Waals surface area (Å²) in [6.45, 7) is 2.36. The first-order chi connectivity index (χ1) is 16.0. The quantitative estimate of drug-likeness (QED) is 0.440. The molecule has 0 aliphatic rings. The van der Waals surface area contributed by atoms with Crippen molar-refractivity contribution in [3.8, 4) is 17.2 Å². The summed E-state index contributed by atoms with van der Waals surface area (Å²) in [4.78, 5) is 27.7. The summed E-state index contributed by atoms with van der Waals surface area (Å²) in [6, 6.07) is 18.2. The summed E-state index contributed by atoms with van der Waals surface area (Å²) in [6.07, 6.45) is 1.39. The molecular formula is C25H23N3O5. The number of para-hydroxylation sites is 1. The first-order valence-corrected chi connectivity index (χ1v) is 10.2. The molecule has 0 unspecified atom stereocenters. The van der Waals surface area contributed by atoms with Gasteiger partial charge in [-0.25, -0.2) is 4.79 Å². The van der Waals surface area contributed by atoms with Crippen molar-refractivity contribution >= 4 is 17.1 Å². The van der Waals surface area contributed by atoms with Crippen molar-refractivity contribution in [1.29, 1.82) is 0 Å². The van der Waals surface area contributed by atoms with Crippen LogP contribution in [0.2, 0.25) is 0 Å². The molecule has 0 atom stereocenters. The van der Waals surface area contributed by atoms with E-state index in [1.807, 2.05) is 31.2 Å². The van der Waals surface area contributed by atoms with E-state index in [4.69, 9.17) is 14.2 Å². The van der Waals surface area contributed by atoms with Crippen LogP contribution in [0, 0.1) is 6.92 Å². The van der Waals surface area contributed by atoms with E-state index in [9.17, 15) is 9.59 Å². The average molecular weight is 445 g/mol. The number of aromatic amines is 1. The average Bonchev–Trinajstić information content (AvgIpc) is 2.83. The topological polar surface area (TPSA) is 94.9 Å². The number of fused-ring (bicyclic) bond motifs is 1. The van der Waals surface area contributed by atoms with Gasteiger partial charge in [0.15, 0.2) is 11.5 Å². The lowest BCUT2D eigenvalue weighted by Crippen LogP contribution is -2.32. The maximum absolute atomic E-state index is 12.7. The summed E-state index contributed by atoms with van der Waals surface area (Å²) in [5.41, 5.74) is 2.05. The van der Waals surface area contributed by atoms with Gasteiger partial charge in [0.2, 0.25) is 5.75 Å². The number of nitrogens with one attached hydrogen (secondary N) is 1. The maximum atomic E-state index is 12.7. The van der Waals surface area contributed by atoms with Crippen molar-refractivity contribution in [2.75, 3.05) is 14.2 Å². The zero-order chi connectivity index (χ0) is 23.4. The van der Waals surface area contributed by atoms with Gasteiger partial charge < -0.3 is 19.2 Å². The third kappa shape index (κ3) is 4.64. The van der Waals surface area contributed by atoms with Crippen LogP contribution in [0.4, 0.5) is 0 Å². The zero-order valence-corrected chi connectivity index (χ0v) is 18.5. The summed E-state index contributed by atoms with van der Waals surface area (Å²) in [7, 11) is 3.04. The molecule has 3 aromatic carbocycles. The van der Waals surface area contributed by atoms with Crippen LogP contribution in [0.3, 0.4) is 0 Å². The number of methoxy groups -OCH3 is 2. The number of rotatable bonds is 7. The molecular weight excluding hydrogens is 422 g/mol. The summed E-state index contributed by atoms with van der Waals surface area (Å²) < 4.78 is 17.7. The Morgan fingerprint density at radius 2 is 1.64 bits per heavy atom. The fraction of sp³-hybridized carbons (Fsp3) is 0.160. The number of nitrogens with zero attached hydrogens (tertiary/aromatic N) is 2. The largest absolute Gasteiger partial charge is 0.493 e. The van der Waals surface area contributed by atoms with Gasteiger partial charge in [-0.2, -0.15) is 5.10 Å². The molecule has 1 heterocycles. The van der Waals surface area contributed by atoms with Gasteiger partial charge in [0.25, 0.3) is 5.56 Å². The van der Waals surface area contributed by atoms with Gasteiger partial charge in [0.05, 0.1) is 31.3 Å². The van der Waals surface area contributed by atoms with Crippen molar-refractivity contribution in [1.82, 2.24) is 9.66 Å². The number of hydrogen-bond donors (Lipinski definition) is 1. The number of ether oxygens (including phenoxy) is 3. The molecule has 8 nitrogen and oxygen atoms in total. The second-order valence-electron chi connectivity index (χ2n) is 7.37. The molecule has 0 fully saturated rings. The molecule has 4 aromatic rings. The standard InChI is InChI=1S/C25H23N3O5/c1-16-8-10-17(11-9-16)15-33-23-21(31-2)12-18(13-22(23)32-3)14-26-28-24(29)19-6-4-5-7-20(19)27-25(28)30/h4-14H,15H2,1-3H3,(H,27,30). The lowest BCUT2D eigenvalue weighted by atomic mass is 10.1. The third-order valence-corrected chi connectivity index (χ3v) is 5.09. The Balaban J connectivity index is 1.66. The van der Waals surface area contributed by atoms with E-state index in [0.29, 0.717) is 40.3 Å². The van der Waals surface area contributed by atoms with Gasteiger partial charge in [0, 0.05) is 5.56 Å². The van der Waals surface area contributed by atoms with Crippen molar-refractivity contribution < 1.29 is 14.2 Å². The van der Waals surface area contributed by atoms with Crippen molar-refractivity contribution in [3.63, 3.8) is 0 Å². The highest BCUT2D eigenvalue weighted by Gasteiger charge is 2.14. The second-order valence-corrected chi connectivity index (χ2v) is 7.37. The van der Waals surface area contributed by atoms with Gasteiger partial charge in [0.1, 0.15) is 6.61 Å². The molecule has 0 amide bonds. The van der Waals surface area contributed by atoms with E-state index >= 15 is 0 Å². The first kappa shape index (κ1) is 21.9. The molecule has 0 saturated carbocycles. The van der Waals surface area contributed by atoms with Crippen LogP contribution in [0.25, 0.3) is 10.9 Å². The van der Waals surface area contributed by atoms with Crippen LogP contribution in [0.1, 0.15) is 16.7 Å². The van der Waals surface area contributed by atoms with Gasteiger partial charge >= 0.3 is 5.69 Å². The van der Waals surface area contributed by atoms with Gasteiger partial charge in [-0.05, 0) is 36.8 Å². The highest BCUT2D eigenvalue weighted by molar-refractivity contribution is 5.82. The fourth-order valence-corrected chi connectivity index (χ4v) is 3.34. The molecule has 0 spiro atoms. The lowest BCUT2D eigenvalue weighted by molar-refractivity contribution is 0.266. The Hall–Kier alpha value is -4.33. The normalized spacial score (nSPS) is 11.1. The predicted molar refractivity (Wildman–Crippen MR) is 127 cm³/mol. The molecule has 168 valence electrons. The molecule has 0 radical (unpaired) electrons. The van der Waals surface area contributed by atoms with Crippen LogP contribution >= 0.6 is 0 Å². The van der Waals surface area contributed by atoms with Crippen molar-refractivity contribution in [2.24, 2.45) is 5.10 Å². The van der Waals surface area contributed by atoms with Crippen molar-refractivity contribution in [2.45, 2.75) is 13.5 Å². The monoisotopic (exact) mass is 445 g/mol. The van der Waals surface area contributed by atoms with E-state index in [1.54, 1.807) is 36.4 Å². The number of H-pyrrole nitrogens is 1. The van der Waals surface area contributed by atoms with Gasteiger partial charge in [-0.15, -0.1) is 4.68 Å². The lowest BCUT2D eigenvalue weighted by Gasteiger charge is -2.15. The second kappa shape index (κ2) is 9.44. The number of aryl methyl sites for hydroxylation is 1. The minimum Gasteiger partial charge on any atom is -0.493 e. The number of hydrogen-bond acceptors (Lipinski definition) is 6. The SMILES string of the molecule is COc1cc(C=Nn2c(=O)[nH]c3ccccc3c2=O)cc(OC)c1OCc1ccc(C)cc1. The molecule has 0 aliphatic heterocycles. The Morgan fingerprint density at radius 3 is 2.30 bits per heavy atom. The third-order valence-electron chi connectivity index (χ3n) is 5.09. The summed E-state index contributed by atoms with van der Waals surface area (Å²) in [5, 5.41) is 4.46. The maximum Gasteiger partial charge on any atom is 0.349 e. The van der Waals surface area contributed by atoms with Gasteiger partial charge in [-0.3, -0.25) is 4.79 Å². The molecule has 1 N–H and O–H groups in total. The van der Waals surface area contributed by atoms with E-state index in [2.05, 4.69) is 10.1 Å². The van der Waals surface area contributed by atoms with Crippen LogP contribution in [-0.2, 0) is 6.61 Å². The Kier molecular flexibility index (Phi) is 6.26. The number of aromatic nitrogens is 2. The molecule has 33 heavy (non-hydrogen) atoms. The Morgan fingerprint density at radius 1 is 0.970 bits per heavy atom. The zero-order valence-electron chi connectivity index (χ0n) is 18.5. The minimum absolute atomic E-state index is 0.336.